The summed E-state index contributed by atoms with van der Waals surface area (Å²) in [5, 5.41) is 5.05. The summed E-state index contributed by atoms with van der Waals surface area (Å²) < 4.78 is 0. The summed E-state index contributed by atoms with van der Waals surface area (Å²) >= 11 is 5.69. The van der Waals surface area contributed by atoms with Crippen molar-refractivity contribution in [1.29, 1.82) is 0 Å². The first-order chi connectivity index (χ1) is 8.19. The highest BCUT2D eigenvalue weighted by molar-refractivity contribution is 7.80. The molecule has 1 N–H and O–H groups in total. The molecule has 1 saturated carbocycles. The maximum atomic E-state index is 12.0. The number of nitrogens with one attached hydrogen (secondary N) is 1. The lowest BCUT2D eigenvalue weighted by atomic mass is 9.84. The van der Waals surface area contributed by atoms with Crippen LogP contribution in [0.15, 0.2) is 16.3 Å². The summed E-state index contributed by atoms with van der Waals surface area (Å²) in [6.07, 6.45) is 6.06. The minimum Gasteiger partial charge on any atom is -0.349 e. The van der Waals surface area contributed by atoms with Gasteiger partial charge in [0.2, 0.25) is 0 Å². The summed E-state index contributed by atoms with van der Waals surface area (Å²) in [5.41, 5.74) is 0. The molecule has 0 saturated heterocycles. The minimum atomic E-state index is 0.0667. The maximum Gasteiger partial charge on any atom is 0.261 e. The number of carbonyl (C=O) groups excluding carboxylic acids is 1. The third-order valence-corrected chi connectivity index (χ3v) is 4.87. The number of thiol groups is 1. The molecule has 1 heterocycles. The van der Waals surface area contributed by atoms with Crippen LogP contribution in [0.25, 0.3) is 0 Å². The first-order valence-electron chi connectivity index (χ1n) is 6.27. The van der Waals surface area contributed by atoms with Gasteiger partial charge in [0.15, 0.2) is 0 Å². The van der Waals surface area contributed by atoms with Crippen molar-refractivity contribution < 1.29 is 4.79 Å². The molecule has 2 nitrogen and oxygen atoms in total. The SMILES string of the molecule is CCC1CCCC(NC(=O)c2cc(S)cs2)C1. The van der Waals surface area contributed by atoms with Crippen LogP contribution >= 0.6 is 24.0 Å². The van der Waals surface area contributed by atoms with Gasteiger partial charge in [0.05, 0.1) is 4.88 Å². The quantitative estimate of drug-likeness (QED) is 0.804. The molecule has 1 amide bonds. The van der Waals surface area contributed by atoms with Crippen molar-refractivity contribution >= 4 is 29.9 Å². The van der Waals surface area contributed by atoms with Crippen molar-refractivity contribution in [3.63, 3.8) is 0 Å². The standard InChI is InChI=1S/C13H19NOS2/c1-2-9-4-3-5-10(6-9)14-13(15)12-7-11(16)8-17-12/h7-10,16H,2-6H2,1H3,(H,14,15). The molecule has 2 unspecified atom stereocenters. The van der Waals surface area contributed by atoms with E-state index in [9.17, 15) is 4.79 Å². The molecule has 1 aliphatic rings. The van der Waals surface area contributed by atoms with Crippen LogP contribution in [0.5, 0.6) is 0 Å². The van der Waals surface area contributed by atoms with Crippen molar-refractivity contribution in [2.75, 3.05) is 0 Å². The Bertz CT molecular complexity index is 389. The van der Waals surface area contributed by atoms with Crippen LogP contribution in [0.2, 0.25) is 0 Å². The van der Waals surface area contributed by atoms with Crippen LogP contribution < -0.4 is 5.32 Å². The second kappa shape index (κ2) is 5.91. The smallest absolute Gasteiger partial charge is 0.261 e. The Labute approximate surface area is 112 Å². The van der Waals surface area contributed by atoms with Crippen molar-refractivity contribution in [3.8, 4) is 0 Å². The Balaban J connectivity index is 1.90. The van der Waals surface area contributed by atoms with Crippen LogP contribution in [-0.4, -0.2) is 11.9 Å². The van der Waals surface area contributed by atoms with Gasteiger partial charge in [-0.2, -0.15) is 0 Å². The molecule has 94 valence electrons. The van der Waals surface area contributed by atoms with Crippen molar-refractivity contribution in [1.82, 2.24) is 5.32 Å². The zero-order valence-corrected chi connectivity index (χ0v) is 11.8. The van der Waals surface area contributed by atoms with E-state index in [2.05, 4.69) is 24.9 Å². The van der Waals surface area contributed by atoms with E-state index >= 15 is 0 Å². The number of hydrogen-bond acceptors (Lipinski definition) is 3. The molecule has 1 fully saturated rings. The fourth-order valence-corrected chi connectivity index (χ4v) is 3.55. The third kappa shape index (κ3) is 3.49. The van der Waals surface area contributed by atoms with Gasteiger partial charge in [0.1, 0.15) is 0 Å². The highest BCUT2D eigenvalue weighted by Gasteiger charge is 2.22. The number of carbonyl (C=O) groups is 1. The van der Waals surface area contributed by atoms with E-state index in [0.29, 0.717) is 6.04 Å². The molecule has 2 rings (SSSR count). The van der Waals surface area contributed by atoms with Gasteiger partial charge in [-0.25, -0.2) is 0 Å². The minimum absolute atomic E-state index is 0.0667. The van der Waals surface area contributed by atoms with Gasteiger partial charge in [0.25, 0.3) is 5.91 Å². The molecular weight excluding hydrogens is 250 g/mol. The molecule has 0 radical (unpaired) electrons. The summed E-state index contributed by atoms with van der Waals surface area (Å²) in [7, 11) is 0. The summed E-state index contributed by atoms with van der Waals surface area (Å²) in [6, 6.07) is 2.20. The molecule has 1 aromatic heterocycles. The van der Waals surface area contributed by atoms with E-state index in [1.54, 1.807) is 0 Å². The van der Waals surface area contributed by atoms with E-state index in [-0.39, 0.29) is 5.91 Å². The molecule has 1 aromatic rings. The Morgan fingerprint density at radius 3 is 3.06 bits per heavy atom. The summed E-state index contributed by atoms with van der Waals surface area (Å²) in [6.45, 7) is 2.24. The van der Waals surface area contributed by atoms with Gasteiger partial charge < -0.3 is 5.32 Å². The average molecular weight is 269 g/mol. The molecule has 0 aromatic carbocycles. The second-order valence-corrected chi connectivity index (χ2v) is 6.21. The number of amides is 1. The van der Waals surface area contributed by atoms with Gasteiger partial charge in [-0.05, 0) is 24.8 Å². The van der Waals surface area contributed by atoms with Crippen LogP contribution in [0.1, 0.15) is 48.7 Å². The number of thiophene rings is 1. The number of hydrogen-bond donors (Lipinski definition) is 2. The second-order valence-electron chi connectivity index (χ2n) is 4.78. The van der Waals surface area contributed by atoms with Gasteiger partial charge >= 0.3 is 0 Å². The van der Waals surface area contributed by atoms with Crippen LogP contribution in [0.4, 0.5) is 0 Å². The first kappa shape index (κ1) is 13.0. The van der Waals surface area contributed by atoms with E-state index in [1.165, 1.54) is 30.6 Å². The molecule has 0 spiro atoms. The predicted octanol–water partition coefficient (Wildman–Crippen LogP) is 3.74. The Morgan fingerprint density at radius 2 is 2.41 bits per heavy atom. The Kier molecular flexibility index (Phi) is 4.51. The van der Waals surface area contributed by atoms with Crippen molar-refractivity contribution in [3.05, 3.63) is 16.3 Å². The lowest BCUT2D eigenvalue weighted by Gasteiger charge is -2.28. The van der Waals surface area contributed by atoms with Gasteiger partial charge in [-0.15, -0.1) is 24.0 Å². The maximum absolute atomic E-state index is 12.0. The van der Waals surface area contributed by atoms with Crippen LogP contribution in [0.3, 0.4) is 0 Å². The molecule has 0 aliphatic heterocycles. The monoisotopic (exact) mass is 269 g/mol. The molecule has 2 atom stereocenters. The van der Waals surface area contributed by atoms with Crippen molar-refractivity contribution in [2.24, 2.45) is 5.92 Å². The molecule has 4 heteroatoms. The summed E-state index contributed by atoms with van der Waals surface area (Å²) in [4.78, 5) is 13.6. The van der Waals surface area contributed by atoms with E-state index in [1.807, 2.05) is 11.4 Å². The zero-order chi connectivity index (χ0) is 12.3. The van der Waals surface area contributed by atoms with E-state index < -0.39 is 0 Å². The molecule has 1 aliphatic carbocycles. The largest absolute Gasteiger partial charge is 0.349 e. The first-order valence-corrected chi connectivity index (χ1v) is 7.60. The highest BCUT2D eigenvalue weighted by atomic mass is 32.1. The molecular formula is C13H19NOS2. The van der Waals surface area contributed by atoms with Gasteiger partial charge in [0, 0.05) is 16.3 Å². The summed E-state index contributed by atoms with van der Waals surface area (Å²) in [5.74, 6) is 0.856. The fraction of sp³-hybridized carbons (Fsp3) is 0.615. The Morgan fingerprint density at radius 1 is 1.59 bits per heavy atom. The average Bonchev–Trinajstić information content (AvgIpc) is 2.76. The lowest BCUT2D eigenvalue weighted by molar-refractivity contribution is 0.0923. The van der Waals surface area contributed by atoms with E-state index in [4.69, 9.17) is 0 Å². The topological polar surface area (TPSA) is 29.1 Å². The third-order valence-electron chi connectivity index (χ3n) is 3.50. The van der Waals surface area contributed by atoms with Gasteiger partial charge in [-0.1, -0.05) is 26.2 Å². The number of rotatable bonds is 3. The molecule has 17 heavy (non-hydrogen) atoms. The highest BCUT2D eigenvalue weighted by Crippen LogP contribution is 2.27. The normalized spacial score (nSPS) is 24.6. The van der Waals surface area contributed by atoms with E-state index in [0.717, 1.165) is 28.5 Å². The van der Waals surface area contributed by atoms with Gasteiger partial charge in [-0.3, -0.25) is 4.79 Å². The van der Waals surface area contributed by atoms with Crippen LogP contribution in [0, 0.1) is 5.92 Å². The fourth-order valence-electron chi connectivity index (χ4n) is 2.49. The van der Waals surface area contributed by atoms with Crippen molar-refractivity contribution in [2.45, 2.75) is 50.0 Å². The van der Waals surface area contributed by atoms with Crippen LogP contribution in [-0.2, 0) is 0 Å². The zero-order valence-electron chi connectivity index (χ0n) is 10.1. The predicted molar refractivity (Wildman–Crippen MR) is 75.1 cm³/mol. The molecule has 0 bridgehead atoms. The lowest BCUT2D eigenvalue weighted by Crippen LogP contribution is -2.38. The Hall–Kier alpha value is -0.480.